The molecular weight excluding hydrogens is 930 g/mol. The molecule has 52 heavy (non-hydrogen) atoms. The van der Waals surface area contributed by atoms with Crippen LogP contribution in [0.25, 0.3) is 0 Å². The second-order valence-electron chi connectivity index (χ2n) is 14.4. The smallest absolute Gasteiger partial charge is 0.422 e. The Morgan fingerprint density at radius 2 is 0.538 bits per heavy atom. The van der Waals surface area contributed by atoms with Gasteiger partial charge in [-0.3, -0.25) is 0 Å². The van der Waals surface area contributed by atoms with Crippen LogP contribution in [-0.4, -0.2) is 148 Å². The van der Waals surface area contributed by atoms with E-state index in [2.05, 4.69) is 126 Å². The standard InChI is InChI=1S/C24H82O12Si16/c1-20-21-49(34-46(14,15)22(2)50(25-37-5,26-38-6)27-39-7,35-47(16,17)23(3)51(28-40-8,29-41-9)30-42-10)36-48(18,19)24(4)52(31-43-11,32-44-12)33-45-13/h22-24H,20-21,37-45H2,1-19H3. The highest BCUT2D eigenvalue weighted by molar-refractivity contribution is 7.00. The summed E-state index contributed by atoms with van der Waals surface area (Å²) in [7, 11) is -27.6. The van der Waals surface area contributed by atoms with Gasteiger partial charge in [-0.05, 0) is 39.3 Å². The summed E-state index contributed by atoms with van der Waals surface area (Å²) >= 11 is 0. The van der Waals surface area contributed by atoms with Gasteiger partial charge in [0.2, 0.25) is 0 Å². The van der Waals surface area contributed by atoms with Crippen LogP contribution in [0.5, 0.6) is 0 Å². The Bertz CT molecular complexity index is 815. The van der Waals surface area contributed by atoms with Gasteiger partial charge in [-0.25, -0.2) is 0 Å². The van der Waals surface area contributed by atoms with Crippen molar-refractivity contribution < 1.29 is 49.4 Å². The Kier molecular flexibility index (Phi) is 27.0. The van der Waals surface area contributed by atoms with Crippen LogP contribution in [-0.2, 0) is 49.4 Å². The quantitative estimate of drug-likeness (QED) is 0.0897. The molecular formula is C24H82O12Si16. The van der Waals surface area contributed by atoms with Crippen molar-refractivity contribution in [2.45, 2.75) is 154 Å². The molecule has 12 nitrogen and oxygen atoms in total. The van der Waals surface area contributed by atoms with Gasteiger partial charge in [0.15, 0.2) is 25.0 Å². The molecule has 3 unspecified atom stereocenters. The van der Waals surface area contributed by atoms with Gasteiger partial charge in [-0.1, -0.05) is 93.0 Å². The molecule has 0 saturated heterocycles. The van der Waals surface area contributed by atoms with Crippen molar-refractivity contribution in [1.82, 2.24) is 0 Å². The van der Waals surface area contributed by atoms with Gasteiger partial charge < -0.3 is 49.4 Å². The van der Waals surface area contributed by atoms with Crippen LogP contribution in [0.3, 0.4) is 0 Å². The van der Waals surface area contributed by atoms with Crippen molar-refractivity contribution in [3.05, 3.63) is 0 Å². The highest BCUT2D eigenvalue weighted by Gasteiger charge is 2.64. The number of hydrogen-bond donors (Lipinski definition) is 0. The van der Waals surface area contributed by atoms with Gasteiger partial charge >= 0.3 is 35.2 Å². The van der Waals surface area contributed by atoms with E-state index in [1.54, 1.807) is 0 Å². The highest BCUT2D eigenvalue weighted by atomic mass is 28.5. The zero-order valence-corrected chi connectivity index (χ0v) is 56.6. The van der Waals surface area contributed by atoms with E-state index in [9.17, 15) is 0 Å². The van der Waals surface area contributed by atoms with Crippen molar-refractivity contribution >= 4 is 148 Å². The van der Waals surface area contributed by atoms with Gasteiger partial charge in [0.1, 0.15) is 87.9 Å². The van der Waals surface area contributed by atoms with Crippen molar-refractivity contribution in [3.63, 3.8) is 0 Å². The van der Waals surface area contributed by atoms with Crippen LogP contribution >= 0.6 is 0 Å². The van der Waals surface area contributed by atoms with E-state index in [0.29, 0.717) is 6.04 Å². The highest BCUT2D eigenvalue weighted by Crippen LogP contribution is 2.45. The van der Waals surface area contributed by atoms with Gasteiger partial charge in [0, 0.05) is 21.5 Å². The van der Waals surface area contributed by atoms with E-state index in [1.165, 1.54) is 0 Å². The van der Waals surface area contributed by atoms with E-state index in [0.717, 1.165) is 6.42 Å². The minimum atomic E-state index is -3.48. The average molecular weight is 1010 g/mol. The third-order valence-corrected chi connectivity index (χ3v) is 64.6. The van der Waals surface area contributed by atoms with Gasteiger partial charge in [0.05, 0.1) is 0 Å². The first-order valence-electron chi connectivity index (χ1n) is 20.0. The summed E-state index contributed by atoms with van der Waals surface area (Å²) in [6.07, 6.45) is 0.871. The third kappa shape index (κ3) is 15.2. The molecule has 0 fully saturated rings. The maximum Gasteiger partial charge on any atom is 0.470 e. The fourth-order valence-corrected chi connectivity index (χ4v) is 73.6. The van der Waals surface area contributed by atoms with E-state index >= 15 is 0 Å². The molecule has 314 valence electrons. The van der Waals surface area contributed by atoms with Gasteiger partial charge in [0.25, 0.3) is 0 Å². The average Bonchev–Trinajstić information content (AvgIpc) is 3.04. The van der Waals surface area contributed by atoms with E-state index in [1.807, 2.05) is 0 Å². The molecule has 0 rings (SSSR count). The summed E-state index contributed by atoms with van der Waals surface area (Å²) in [5, 5.41) is 0.0588. The predicted octanol–water partition coefficient (Wildman–Crippen LogP) is 0.941. The molecule has 3 atom stereocenters. The second kappa shape index (κ2) is 25.6. The molecule has 0 N–H and O–H groups in total. The first-order chi connectivity index (χ1) is 24.2. The molecule has 0 aliphatic rings. The minimum absolute atomic E-state index is 0.0196. The Hall–Kier alpha value is 2.99. The lowest BCUT2D eigenvalue weighted by Crippen LogP contribution is -2.70. The lowest BCUT2D eigenvalue weighted by atomic mass is 10.6. The Morgan fingerprint density at radius 1 is 0.365 bits per heavy atom. The van der Waals surface area contributed by atoms with Crippen molar-refractivity contribution in [2.75, 3.05) is 0 Å². The SMILES string of the molecule is CCC[Si](O[Si](C)(C)C(C)[Si](O[SiH2]C)(O[SiH2]C)O[SiH2]C)(O[Si](C)(C)C(C)[Si](O[SiH2]C)(O[SiH2]C)O[SiH2]C)O[Si](C)(C)C(C)[Si](O[SiH2]C)(O[SiH2]C)O[SiH2]C. The van der Waals surface area contributed by atoms with Crippen LogP contribution < -0.4 is 0 Å². The molecule has 0 aliphatic heterocycles. The summed E-state index contributed by atoms with van der Waals surface area (Å²) in [6, 6.07) is 0.711. The topological polar surface area (TPSA) is 111 Å². The molecule has 0 aromatic heterocycles. The summed E-state index contributed by atoms with van der Waals surface area (Å²) < 4.78 is 83.8. The van der Waals surface area contributed by atoms with Crippen molar-refractivity contribution in [3.8, 4) is 0 Å². The molecule has 0 amide bonds. The lowest BCUT2D eigenvalue weighted by Gasteiger charge is -2.51. The van der Waals surface area contributed by atoms with E-state index < -0.39 is 148 Å². The number of rotatable bonds is 32. The number of hydrogen-bond acceptors (Lipinski definition) is 12. The van der Waals surface area contributed by atoms with E-state index in [4.69, 9.17) is 49.4 Å². The van der Waals surface area contributed by atoms with Crippen molar-refractivity contribution in [1.29, 1.82) is 0 Å². The summed E-state index contributed by atoms with van der Waals surface area (Å²) in [5.74, 6) is 0. The molecule has 0 spiro atoms. The monoisotopic (exact) mass is 1010 g/mol. The largest absolute Gasteiger partial charge is 0.470 e. The fourth-order valence-electron chi connectivity index (χ4n) is 6.58. The van der Waals surface area contributed by atoms with Gasteiger partial charge in [-0.2, -0.15) is 0 Å². The Labute approximate surface area is 348 Å². The van der Waals surface area contributed by atoms with Crippen LogP contribution in [0, 0.1) is 0 Å². The van der Waals surface area contributed by atoms with Gasteiger partial charge in [-0.15, -0.1) is 0 Å². The minimum Gasteiger partial charge on any atom is -0.422 e. The van der Waals surface area contributed by atoms with Crippen LogP contribution in [0.1, 0.15) is 34.1 Å². The summed E-state index contributed by atoms with van der Waals surface area (Å²) in [6.45, 7) is 42.5. The third-order valence-electron chi connectivity index (χ3n) is 9.64. The fraction of sp³-hybridized carbons (Fsp3) is 1.00. The Balaban J connectivity index is 7.78. The van der Waals surface area contributed by atoms with Crippen LogP contribution in [0.2, 0.25) is 120 Å². The van der Waals surface area contributed by atoms with E-state index in [-0.39, 0.29) is 15.5 Å². The first kappa shape index (κ1) is 55.0. The van der Waals surface area contributed by atoms with Crippen molar-refractivity contribution in [2.24, 2.45) is 0 Å². The zero-order chi connectivity index (χ0) is 40.5. The normalized spacial score (nSPS) is 21.8. The predicted molar refractivity (Wildman–Crippen MR) is 262 cm³/mol. The summed E-state index contributed by atoms with van der Waals surface area (Å²) in [5.41, 5.74) is 0. The molecule has 0 saturated carbocycles. The lowest BCUT2D eigenvalue weighted by molar-refractivity contribution is 0.228. The molecule has 0 aliphatic carbocycles. The first-order valence-corrected chi connectivity index (χ1v) is 54.3. The molecule has 0 aromatic carbocycles. The molecule has 0 aromatic rings. The second-order valence-corrected chi connectivity index (χ2v) is 54.5. The molecule has 28 heteroatoms. The van der Waals surface area contributed by atoms with Crippen LogP contribution in [0.4, 0.5) is 0 Å². The Morgan fingerprint density at radius 3 is 0.673 bits per heavy atom. The zero-order valence-electron chi connectivity index (χ0n) is 36.9. The molecule has 0 heterocycles. The maximum absolute atomic E-state index is 7.81. The molecule has 0 bridgehead atoms. The summed E-state index contributed by atoms with van der Waals surface area (Å²) in [4.78, 5) is 0. The maximum atomic E-state index is 7.81. The van der Waals surface area contributed by atoms with Crippen LogP contribution in [0.15, 0.2) is 0 Å². The molecule has 0 radical (unpaired) electrons.